The average molecular weight is 450 g/mol. The Morgan fingerprint density at radius 1 is 0.871 bits per heavy atom. The van der Waals surface area contributed by atoms with Crippen molar-refractivity contribution in [3.63, 3.8) is 0 Å². The molecule has 0 saturated carbocycles. The minimum Gasteiger partial charge on any atom is -0.347 e. The molecule has 7 heteroatoms. The third kappa shape index (κ3) is 8.38. The van der Waals surface area contributed by atoms with Crippen molar-refractivity contribution in [2.45, 2.75) is 25.8 Å². The Balaban J connectivity index is 1.89. The minimum absolute atomic E-state index is 0.0680. The number of ketones is 2. The number of benzene rings is 2. The number of hydrogen-bond acceptors (Lipinski definition) is 4. The smallest absolute Gasteiger partial charge is 0.243 e. The highest BCUT2D eigenvalue weighted by atomic mass is 32.2. The summed E-state index contributed by atoms with van der Waals surface area (Å²) in [6.07, 6.45) is 2.65. The molecule has 31 heavy (non-hydrogen) atoms. The van der Waals surface area contributed by atoms with Gasteiger partial charge in [0.25, 0.3) is 0 Å². The van der Waals surface area contributed by atoms with E-state index in [2.05, 4.69) is 10.6 Å². The van der Waals surface area contributed by atoms with Crippen LogP contribution in [0, 0.1) is 0 Å². The van der Waals surface area contributed by atoms with Crippen molar-refractivity contribution < 1.29 is 19.2 Å². The molecule has 6 nitrogen and oxygen atoms in total. The first-order chi connectivity index (χ1) is 14.9. The van der Waals surface area contributed by atoms with Crippen LogP contribution in [0.2, 0.25) is 0 Å². The van der Waals surface area contributed by atoms with E-state index in [1.54, 1.807) is 43.3 Å². The second kappa shape index (κ2) is 12.7. The lowest BCUT2D eigenvalue weighted by Gasteiger charge is -2.17. The van der Waals surface area contributed by atoms with E-state index in [0.29, 0.717) is 29.1 Å². The van der Waals surface area contributed by atoms with Gasteiger partial charge in [0.1, 0.15) is 11.8 Å². The number of amides is 2. The molecular weight excluding hydrogens is 420 g/mol. The first-order valence-corrected chi connectivity index (χ1v) is 12.2. The zero-order valence-corrected chi connectivity index (χ0v) is 18.7. The van der Waals surface area contributed by atoms with Gasteiger partial charge in [-0.2, -0.15) is 0 Å². The van der Waals surface area contributed by atoms with Gasteiger partial charge in [-0.15, -0.1) is 0 Å². The topological polar surface area (TPSA) is 92.3 Å². The number of Topliss-reactive ketones (excluding diaryl/α,β-unsaturated/α-hetero) is 2. The van der Waals surface area contributed by atoms with Crippen LogP contribution in [0.15, 0.2) is 60.7 Å². The molecule has 0 fully saturated rings. The third-order valence-corrected chi connectivity index (χ3v) is 6.41. The van der Waals surface area contributed by atoms with Crippen molar-refractivity contribution in [1.82, 2.24) is 10.6 Å². The highest BCUT2D eigenvalue weighted by Gasteiger charge is 2.25. The predicted octanol–water partition coefficient (Wildman–Crippen LogP) is 2.40. The molecule has 164 valence electrons. The number of carbonyl (C=O) groups is 4. The van der Waals surface area contributed by atoms with Crippen molar-refractivity contribution in [2.75, 3.05) is 24.3 Å². The fraction of sp³-hybridized carbons (Fsp3) is 0.333. The maximum absolute atomic E-state index is 12.6. The first-order valence-electron chi connectivity index (χ1n) is 10.2. The van der Waals surface area contributed by atoms with E-state index < -0.39 is 11.9 Å². The molecule has 0 aliphatic rings. The Bertz CT molecular complexity index is 887. The van der Waals surface area contributed by atoms with Gasteiger partial charge in [-0.25, -0.2) is 0 Å². The highest BCUT2D eigenvalue weighted by Crippen LogP contribution is 2.07. The minimum atomic E-state index is -0.738. The highest BCUT2D eigenvalue weighted by molar-refractivity contribution is 7.96. The summed E-state index contributed by atoms with van der Waals surface area (Å²) in [7, 11) is -0.245. The van der Waals surface area contributed by atoms with Gasteiger partial charge < -0.3 is 10.6 Å². The fourth-order valence-electron chi connectivity index (χ4n) is 2.90. The van der Waals surface area contributed by atoms with Gasteiger partial charge in [-0.1, -0.05) is 67.6 Å². The monoisotopic (exact) mass is 449 g/mol. The quantitative estimate of drug-likeness (QED) is 0.296. The second-order valence-electron chi connectivity index (χ2n) is 7.19. The van der Waals surface area contributed by atoms with E-state index in [1.807, 2.05) is 30.5 Å². The van der Waals surface area contributed by atoms with E-state index in [-0.39, 0.29) is 41.3 Å². The molecule has 0 spiro atoms. The van der Waals surface area contributed by atoms with Gasteiger partial charge >= 0.3 is 0 Å². The number of nitrogens with one attached hydrogen (secondary N) is 2. The van der Waals surface area contributed by atoms with Crippen molar-refractivity contribution in [1.29, 1.82) is 0 Å². The molecular formula is C24H29N2O4S+. The van der Waals surface area contributed by atoms with Gasteiger partial charge in [-0.3, -0.25) is 19.2 Å². The molecule has 0 radical (unpaired) electrons. The van der Waals surface area contributed by atoms with Crippen LogP contribution >= 0.6 is 0 Å². The van der Waals surface area contributed by atoms with Crippen LogP contribution in [0.1, 0.15) is 40.5 Å². The molecule has 0 heterocycles. The zero-order chi connectivity index (χ0) is 22.6. The van der Waals surface area contributed by atoms with E-state index in [9.17, 15) is 19.2 Å². The summed E-state index contributed by atoms with van der Waals surface area (Å²) < 4.78 is 0. The van der Waals surface area contributed by atoms with Gasteiger partial charge in [0, 0.05) is 24.0 Å². The van der Waals surface area contributed by atoms with Crippen LogP contribution in [-0.4, -0.2) is 53.7 Å². The fourth-order valence-corrected chi connectivity index (χ4v) is 4.30. The Morgan fingerprint density at radius 2 is 1.42 bits per heavy atom. The molecule has 2 amide bonds. The first kappa shape index (κ1) is 24.3. The summed E-state index contributed by atoms with van der Waals surface area (Å²) in [4.78, 5) is 49.2. The molecule has 0 saturated heterocycles. The molecule has 2 aromatic carbocycles. The summed E-state index contributed by atoms with van der Waals surface area (Å²) in [5.74, 6) is 0.264. The summed E-state index contributed by atoms with van der Waals surface area (Å²) in [6, 6.07) is 17.1. The SMILES string of the molecule is CCC(=O)NC(CC[S+](C)[13CH2][13C](=O)c1ccccc1)C(=O)NCC(=O)[13c]1[13cH][13cH][13cH][13cH][13cH]1. The van der Waals surface area contributed by atoms with Crippen LogP contribution in [0.25, 0.3) is 0 Å². The summed E-state index contributed by atoms with van der Waals surface area (Å²) in [5, 5.41) is 5.36. The van der Waals surface area contributed by atoms with Gasteiger partial charge in [0.15, 0.2) is 11.5 Å². The molecule has 0 aliphatic carbocycles. The molecule has 2 unspecified atom stereocenters. The lowest BCUT2D eigenvalue weighted by molar-refractivity contribution is -0.128. The lowest BCUT2D eigenvalue weighted by Crippen LogP contribution is -2.48. The largest absolute Gasteiger partial charge is 0.347 e. The molecule has 2 atom stereocenters. The van der Waals surface area contributed by atoms with Crippen LogP contribution in [0.4, 0.5) is 0 Å². The summed E-state index contributed by atoms with van der Waals surface area (Å²) in [5.41, 5.74) is 1.20. The Hall–Kier alpha value is -2.93. The third-order valence-electron chi connectivity index (χ3n) is 4.72. The maximum atomic E-state index is 12.6. The van der Waals surface area contributed by atoms with Gasteiger partial charge in [0.2, 0.25) is 17.6 Å². The standard InChI is InChI=1S/C24H28N2O4S/c1-3-23(29)26-20(24(30)25-16-21(27)18-10-6-4-7-11-18)14-15-31(2)17-22(28)19-12-8-5-9-13-19/h4-13,20H,3,14-17H2,1-2H3,(H-,25,26,29,30)/p+1/i4+1,6+1,7+1,10+1,11+1,17+1,18+1,22+1. The molecule has 0 aliphatic heterocycles. The Labute approximate surface area is 186 Å². The zero-order valence-electron chi connectivity index (χ0n) is 17.9. The van der Waals surface area contributed by atoms with Crippen molar-refractivity contribution in [3.8, 4) is 0 Å². The van der Waals surface area contributed by atoms with Crippen LogP contribution in [-0.2, 0) is 20.5 Å². The maximum Gasteiger partial charge on any atom is 0.243 e. The molecule has 0 bridgehead atoms. The average Bonchev–Trinajstić information content (AvgIpc) is 2.80. The molecule has 2 aromatic rings. The van der Waals surface area contributed by atoms with Gasteiger partial charge in [0.05, 0.1) is 12.8 Å². The van der Waals surface area contributed by atoms with E-state index in [0.717, 1.165) is 0 Å². The van der Waals surface area contributed by atoms with E-state index in [4.69, 9.17) is 0 Å². The Morgan fingerprint density at radius 3 is 1.97 bits per heavy atom. The molecule has 0 aromatic heterocycles. The van der Waals surface area contributed by atoms with Gasteiger partial charge in [-0.05, 0) is 10.9 Å². The summed E-state index contributed by atoms with van der Waals surface area (Å²) >= 11 is 0. The predicted molar refractivity (Wildman–Crippen MR) is 124 cm³/mol. The molecule has 2 rings (SSSR count). The lowest BCUT2D eigenvalue weighted by atomic mass is 10.2. The summed E-state index contributed by atoms with van der Waals surface area (Å²) in [6.45, 7) is 1.58. The van der Waals surface area contributed by atoms with Crippen molar-refractivity contribution >= 4 is 34.3 Å². The van der Waals surface area contributed by atoms with Crippen LogP contribution in [0.3, 0.4) is 0 Å². The van der Waals surface area contributed by atoms with Crippen molar-refractivity contribution in [2.24, 2.45) is 0 Å². The second-order valence-corrected chi connectivity index (χ2v) is 9.45. The van der Waals surface area contributed by atoms with E-state index in [1.165, 1.54) is 0 Å². The van der Waals surface area contributed by atoms with Crippen LogP contribution in [0.5, 0.6) is 0 Å². The number of rotatable bonds is 12. The van der Waals surface area contributed by atoms with Crippen LogP contribution < -0.4 is 10.6 Å². The normalized spacial score (nSPS) is 12.5. The molecule has 2 N–H and O–H groups in total. The van der Waals surface area contributed by atoms with Crippen molar-refractivity contribution in [3.05, 3.63) is 71.8 Å². The number of hydrogen-bond donors (Lipinski definition) is 2. The number of carbonyl (C=O) groups excluding carboxylic acids is 4. The van der Waals surface area contributed by atoms with E-state index >= 15 is 0 Å². The Kier molecular flexibility index (Phi) is 9.97.